The lowest BCUT2D eigenvalue weighted by molar-refractivity contribution is -0.0698. The van der Waals surface area contributed by atoms with Gasteiger partial charge in [-0.2, -0.15) is 0 Å². The van der Waals surface area contributed by atoms with E-state index in [2.05, 4.69) is 27.9 Å². The molecule has 29 heavy (non-hydrogen) atoms. The van der Waals surface area contributed by atoms with Crippen LogP contribution in [0, 0.1) is 12.3 Å². The first-order chi connectivity index (χ1) is 13.1. The molecular formula is C22H34Cl2N2O3. The first-order valence-corrected chi connectivity index (χ1v) is 10.1. The van der Waals surface area contributed by atoms with Crippen molar-refractivity contribution in [1.29, 1.82) is 0 Å². The summed E-state index contributed by atoms with van der Waals surface area (Å²) in [6.07, 6.45) is 10.5. The lowest BCUT2D eigenvalue weighted by Gasteiger charge is -2.37. The van der Waals surface area contributed by atoms with Gasteiger partial charge in [-0.15, -0.1) is 31.2 Å². The Bertz CT molecular complexity index is 622. The topological polar surface area (TPSA) is 45.2 Å². The second kappa shape index (κ2) is 12.5. The summed E-state index contributed by atoms with van der Waals surface area (Å²) in [6.45, 7) is 4.73. The Balaban J connectivity index is 0.00000210. The predicted molar refractivity (Wildman–Crippen MR) is 123 cm³/mol. The van der Waals surface area contributed by atoms with Crippen molar-refractivity contribution in [3.05, 3.63) is 24.3 Å². The molecule has 1 aliphatic carbocycles. The molecule has 0 radical (unpaired) electrons. The van der Waals surface area contributed by atoms with E-state index in [1.807, 2.05) is 12.1 Å². The summed E-state index contributed by atoms with van der Waals surface area (Å²) in [7, 11) is 1.68. The highest BCUT2D eigenvalue weighted by molar-refractivity contribution is 5.85. The molecule has 0 aromatic heterocycles. The maximum absolute atomic E-state index is 10.4. The smallest absolute Gasteiger partial charge is 0.128 e. The summed E-state index contributed by atoms with van der Waals surface area (Å²) < 4.78 is 11.2. The minimum Gasteiger partial charge on any atom is -0.497 e. The molecule has 1 heterocycles. The van der Waals surface area contributed by atoms with E-state index in [-0.39, 0.29) is 24.8 Å². The molecule has 0 spiro atoms. The molecule has 164 valence electrons. The maximum Gasteiger partial charge on any atom is 0.128 e. The van der Waals surface area contributed by atoms with Gasteiger partial charge in [-0.25, -0.2) is 0 Å². The van der Waals surface area contributed by atoms with Crippen LogP contribution in [0.1, 0.15) is 32.1 Å². The van der Waals surface area contributed by atoms with Crippen LogP contribution in [0.5, 0.6) is 5.75 Å². The fourth-order valence-electron chi connectivity index (χ4n) is 4.04. The van der Waals surface area contributed by atoms with Gasteiger partial charge in [0, 0.05) is 38.4 Å². The zero-order valence-corrected chi connectivity index (χ0v) is 18.8. The van der Waals surface area contributed by atoms with Gasteiger partial charge < -0.3 is 19.5 Å². The molecule has 1 atom stereocenters. The summed E-state index contributed by atoms with van der Waals surface area (Å²) in [6, 6.07) is 8.19. The number of rotatable bonds is 7. The average Bonchev–Trinajstić information content (AvgIpc) is 2.74. The molecule has 1 saturated heterocycles. The molecule has 7 heteroatoms. The summed E-state index contributed by atoms with van der Waals surface area (Å²) >= 11 is 0. The number of benzene rings is 1. The summed E-state index contributed by atoms with van der Waals surface area (Å²) in [5.41, 5.74) is 0.763. The van der Waals surface area contributed by atoms with Gasteiger partial charge >= 0.3 is 0 Å². The van der Waals surface area contributed by atoms with E-state index in [0.717, 1.165) is 57.6 Å². The van der Waals surface area contributed by atoms with Crippen LogP contribution in [0.25, 0.3) is 0 Å². The van der Waals surface area contributed by atoms with Crippen LogP contribution in [0.15, 0.2) is 24.3 Å². The van der Waals surface area contributed by atoms with Crippen LogP contribution >= 0.6 is 24.8 Å². The molecular weight excluding hydrogens is 411 g/mol. The third kappa shape index (κ3) is 7.24. The lowest BCUT2D eigenvalue weighted by Crippen LogP contribution is -2.49. The Labute approximate surface area is 187 Å². The molecule has 1 aromatic carbocycles. The number of methoxy groups -OCH3 is 1. The highest BCUT2D eigenvalue weighted by atomic mass is 35.5. The van der Waals surface area contributed by atoms with Crippen molar-refractivity contribution in [3.63, 3.8) is 0 Å². The lowest BCUT2D eigenvalue weighted by atomic mass is 9.85. The van der Waals surface area contributed by atoms with Crippen LogP contribution in [0.2, 0.25) is 0 Å². The second-order valence-corrected chi connectivity index (χ2v) is 7.65. The van der Waals surface area contributed by atoms with Gasteiger partial charge in [0.25, 0.3) is 0 Å². The van der Waals surface area contributed by atoms with Crippen molar-refractivity contribution in [2.45, 2.75) is 43.8 Å². The zero-order chi connectivity index (χ0) is 19.1. The molecule has 1 unspecified atom stereocenters. The molecule has 0 bridgehead atoms. The molecule has 3 rings (SSSR count). The first kappa shape index (κ1) is 25.9. The van der Waals surface area contributed by atoms with Crippen molar-refractivity contribution in [3.8, 4) is 18.1 Å². The van der Waals surface area contributed by atoms with E-state index in [4.69, 9.17) is 15.9 Å². The standard InChI is InChI=1S/C22H32N2O3.2ClH/c1-3-22(11-5-4-6-12-22)27-18-20(25)17-23-13-15-24(16-14-23)19-7-9-21(26-2)10-8-19;;/h1,7-10,20,25H,4-6,11-18H2,2H3;2*1H. The van der Waals surface area contributed by atoms with Crippen molar-refractivity contribution in [2.75, 3.05) is 51.3 Å². The van der Waals surface area contributed by atoms with Crippen molar-refractivity contribution >= 4 is 30.5 Å². The number of terminal acetylenes is 1. The summed E-state index contributed by atoms with van der Waals surface area (Å²) in [4.78, 5) is 4.67. The number of aliphatic hydroxyl groups excluding tert-OH is 1. The number of piperazine rings is 1. The van der Waals surface area contributed by atoms with Gasteiger partial charge in [0.2, 0.25) is 0 Å². The molecule has 1 saturated carbocycles. The fourth-order valence-corrected chi connectivity index (χ4v) is 4.04. The molecule has 2 aliphatic rings. The minimum absolute atomic E-state index is 0. The van der Waals surface area contributed by atoms with Crippen molar-refractivity contribution < 1.29 is 14.6 Å². The van der Waals surface area contributed by atoms with Crippen molar-refractivity contribution in [2.24, 2.45) is 0 Å². The summed E-state index contributed by atoms with van der Waals surface area (Å²) in [5.74, 6) is 3.72. The van der Waals surface area contributed by atoms with Gasteiger partial charge in [0.05, 0.1) is 19.8 Å². The summed E-state index contributed by atoms with van der Waals surface area (Å²) in [5, 5.41) is 10.4. The van der Waals surface area contributed by atoms with E-state index < -0.39 is 11.7 Å². The molecule has 1 aliphatic heterocycles. The fraction of sp³-hybridized carbons (Fsp3) is 0.636. The highest BCUT2D eigenvalue weighted by Gasteiger charge is 2.31. The second-order valence-electron chi connectivity index (χ2n) is 7.65. The zero-order valence-electron chi connectivity index (χ0n) is 17.2. The predicted octanol–water partition coefficient (Wildman–Crippen LogP) is 3.37. The van der Waals surface area contributed by atoms with E-state index in [9.17, 15) is 5.11 Å². The molecule has 2 fully saturated rings. The molecule has 1 N–H and O–H groups in total. The number of hydrogen-bond acceptors (Lipinski definition) is 5. The SMILES string of the molecule is C#CC1(OCC(O)CN2CCN(c3ccc(OC)cc3)CC2)CCCCC1.Cl.Cl. The molecule has 5 nitrogen and oxygen atoms in total. The van der Waals surface area contributed by atoms with Gasteiger partial charge in [0.1, 0.15) is 11.4 Å². The van der Waals surface area contributed by atoms with Crippen LogP contribution in [-0.4, -0.2) is 68.2 Å². The van der Waals surface area contributed by atoms with Crippen LogP contribution in [-0.2, 0) is 4.74 Å². The largest absolute Gasteiger partial charge is 0.497 e. The van der Waals surface area contributed by atoms with Crippen LogP contribution in [0.3, 0.4) is 0 Å². The molecule has 0 amide bonds. The Hall–Kier alpha value is -1.16. The number of aliphatic hydroxyl groups is 1. The van der Waals surface area contributed by atoms with E-state index in [1.54, 1.807) is 7.11 Å². The Morgan fingerprint density at radius 2 is 1.69 bits per heavy atom. The Morgan fingerprint density at radius 1 is 1.07 bits per heavy atom. The monoisotopic (exact) mass is 444 g/mol. The van der Waals surface area contributed by atoms with Gasteiger partial charge in [-0.05, 0) is 49.9 Å². The van der Waals surface area contributed by atoms with Gasteiger partial charge in [0.15, 0.2) is 0 Å². The van der Waals surface area contributed by atoms with Gasteiger partial charge in [-0.1, -0.05) is 12.3 Å². The first-order valence-electron chi connectivity index (χ1n) is 10.1. The van der Waals surface area contributed by atoms with E-state index in [1.165, 1.54) is 12.1 Å². The Morgan fingerprint density at radius 3 is 2.24 bits per heavy atom. The number of ether oxygens (including phenoxy) is 2. The highest BCUT2D eigenvalue weighted by Crippen LogP contribution is 2.31. The molecule has 1 aromatic rings. The number of hydrogen-bond donors (Lipinski definition) is 1. The van der Waals surface area contributed by atoms with Gasteiger partial charge in [-0.3, -0.25) is 4.90 Å². The number of β-amino-alcohol motifs (C(OH)–C–C–N with tert-alkyl or cyclic N) is 1. The quantitative estimate of drug-likeness (QED) is 0.653. The van der Waals surface area contributed by atoms with E-state index in [0.29, 0.717) is 13.2 Å². The van der Waals surface area contributed by atoms with E-state index >= 15 is 0 Å². The minimum atomic E-state index is -0.496. The number of nitrogens with zero attached hydrogens (tertiary/aromatic N) is 2. The normalized spacial score (nSPS) is 20.0. The maximum atomic E-state index is 10.4. The van der Waals surface area contributed by atoms with Crippen molar-refractivity contribution in [1.82, 2.24) is 4.90 Å². The van der Waals surface area contributed by atoms with Crippen LogP contribution < -0.4 is 9.64 Å². The number of halogens is 2. The number of anilines is 1. The van der Waals surface area contributed by atoms with Crippen LogP contribution in [0.4, 0.5) is 5.69 Å². The third-order valence-electron chi connectivity index (χ3n) is 5.76. The third-order valence-corrected chi connectivity index (χ3v) is 5.76. The Kier molecular flexibility index (Phi) is 11.2. The average molecular weight is 445 g/mol.